The molecule has 5 nitrogen and oxygen atoms in total. The molecule has 0 saturated heterocycles. The predicted octanol–water partition coefficient (Wildman–Crippen LogP) is 0.0361. The Morgan fingerprint density at radius 3 is 2.92 bits per heavy atom. The van der Waals surface area contributed by atoms with Crippen LogP contribution in [0.25, 0.3) is 0 Å². The average Bonchev–Trinajstić information content (AvgIpc) is 2.33. The Hall–Kier alpha value is -1.41. The molecule has 0 aliphatic rings. The lowest BCUT2D eigenvalue weighted by Gasteiger charge is -1.88. The SMILES string of the molecule is C#COc1nn(CC)c(=O)n1Cl. The van der Waals surface area contributed by atoms with E-state index in [9.17, 15) is 4.79 Å². The van der Waals surface area contributed by atoms with E-state index in [0.29, 0.717) is 6.54 Å². The van der Waals surface area contributed by atoms with Gasteiger partial charge in [-0.3, -0.25) is 0 Å². The van der Waals surface area contributed by atoms with Crippen LogP contribution in [0.4, 0.5) is 0 Å². The highest BCUT2D eigenvalue weighted by molar-refractivity contribution is 6.15. The van der Waals surface area contributed by atoms with Crippen molar-refractivity contribution in [1.82, 2.24) is 13.9 Å². The number of halogens is 1. The summed E-state index contributed by atoms with van der Waals surface area (Å²) in [5.74, 6) is 0. The fraction of sp³-hybridized carbons (Fsp3) is 0.333. The lowest BCUT2D eigenvalue weighted by Crippen LogP contribution is -2.19. The van der Waals surface area contributed by atoms with Gasteiger partial charge in [0.1, 0.15) is 6.11 Å². The number of nitrogens with zero attached hydrogens (tertiary/aromatic N) is 3. The van der Waals surface area contributed by atoms with Gasteiger partial charge in [0.25, 0.3) is 0 Å². The van der Waals surface area contributed by atoms with E-state index < -0.39 is 5.69 Å². The minimum atomic E-state index is -0.468. The molecule has 0 aromatic carbocycles. The summed E-state index contributed by atoms with van der Waals surface area (Å²) in [6.07, 6.45) is 6.70. The van der Waals surface area contributed by atoms with Crippen molar-refractivity contribution < 1.29 is 4.74 Å². The second-order valence-corrected chi connectivity index (χ2v) is 2.22. The molecule has 0 atom stereocenters. The van der Waals surface area contributed by atoms with Crippen LogP contribution in [-0.2, 0) is 6.54 Å². The van der Waals surface area contributed by atoms with Crippen molar-refractivity contribution in [3.63, 3.8) is 0 Å². The first-order valence-corrected chi connectivity index (χ1v) is 3.53. The highest BCUT2D eigenvalue weighted by atomic mass is 35.5. The summed E-state index contributed by atoms with van der Waals surface area (Å²) in [5.41, 5.74) is -0.468. The van der Waals surface area contributed by atoms with Crippen molar-refractivity contribution in [2.24, 2.45) is 0 Å². The van der Waals surface area contributed by atoms with Gasteiger partial charge in [-0.2, -0.15) is 0 Å². The number of aromatic nitrogens is 3. The summed E-state index contributed by atoms with van der Waals surface area (Å²) in [6.45, 7) is 2.17. The van der Waals surface area contributed by atoms with Gasteiger partial charge in [0.05, 0.1) is 0 Å². The number of terminal acetylenes is 1. The van der Waals surface area contributed by atoms with Gasteiger partial charge in [-0.1, -0.05) is 6.42 Å². The summed E-state index contributed by atoms with van der Waals surface area (Å²) >= 11 is 5.47. The van der Waals surface area contributed by atoms with E-state index in [1.807, 2.05) is 6.11 Å². The third-order valence-electron chi connectivity index (χ3n) is 1.21. The number of ether oxygens (including phenoxy) is 1. The van der Waals surface area contributed by atoms with Gasteiger partial charge in [0, 0.05) is 18.3 Å². The molecule has 12 heavy (non-hydrogen) atoms. The second kappa shape index (κ2) is 3.32. The summed E-state index contributed by atoms with van der Waals surface area (Å²) in [7, 11) is 0. The van der Waals surface area contributed by atoms with Gasteiger partial charge < -0.3 is 4.74 Å². The second-order valence-electron chi connectivity index (χ2n) is 1.88. The van der Waals surface area contributed by atoms with Crippen LogP contribution in [0.2, 0.25) is 0 Å². The smallest absolute Gasteiger partial charge is 0.363 e. The first-order chi connectivity index (χ1) is 5.70. The normalized spacial score (nSPS) is 9.42. The Kier molecular flexibility index (Phi) is 2.41. The van der Waals surface area contributed by atoms with Gasteiger partial charge in [-0.05, 0) is 6.92 Å². The third kappa shape index (κ3) is 1.29. The van der Waals surface area contributed by atoms with E-state index in [4.69, 9.17) is 18.2 Å². The van der Waals surface area contributed by atoms with Crippen molar-refractivity contribution in [1.29, 1.82) is 0 Å². The first kappa shape index (κ1) is 8.68. The van der Waals surface area contributed by atoms with Crippen LogP contribution in [0.1, 0.15) is 6.92 Å². The van der Waals surface area contributed by atoms with Gasteiger partial charge >= 0.3 is 11.7 Å². The van der Waals surface area contributed by atoms with E-state index in [1.54, 1.807) is 6.92 Å². The van der Waals surface area contributed by atoms with E-state index in [-0.39, 0.29) is 6.01 Å². The van der Waals surface area contributed by atoms with Gasteiger partial charge in [-0.25, -0.2) is 9.48 Å². The van der Waals surface area contributed by atoms with Crippen molar-refractivity contribution in [3.8, 4) is 18.5 Å². The van der Waals surface area contributed by atoms with Crippen LogP contribution < -0.4 is 10.4 Å². The standard InChI is InChI=1S/C6H6ClN3O2/c1-3-9-6(11)10(7)5(8-9)12-4-2/h2H,3H2,1H3. The molecule has 64 valence electrons. The summed E-state index contributed by atoms with van der Waals surface area (Å²) in [6, 6.07) is -0.0917. The van der Waals surface area contributed by atoms with E-state index in [1.165, 1.54) is 0 Å². The quantitative estimate of drug-likeness (QED) is 0.614. The molecule has 0 amide bonds. The number of hydrogen-bond acceptors (Lipinski definition) is 3. The zero-order chi connectivity index (χ0) is 9.14. The minimum absolute atomic E-state index is 0.0917. The van der Waals surface area contributed by atoms with Gasteiger partial charge in [0.15, 0.2) is 0 Å². The highest BCUT2D eigenvalue weighted by Crippen LogP contribution is 2.03. The Bertz CT molecular complexity index is 373. The lowest BCUT2D eigenvalue weighted by molar-refractivity contribution is 0.461. The topological polar surface area (TPSA) is 49.1 Å². The van der Waals surface area contributed by atoms with Crippen molar-refractivity contribution >= 4 is 11.8 Å². The molecule has 1 aromatic heterocycles. The molecule has 0 aliphatic carbocycles. The number of aryl methyl sites for hydroxylation is 1. The maximum atomic E-state index is 11.1. The van der Waals surface area contributed by atoms with Crippen molar-refractivity contribution in [2.75, 3.05) is 0 Å². The third-order valence-corrected chi connectivity index (χ3v) is 1.50. The van der Waals surface area contributed by atoms with E-state index >= 15 is 0 Å². The Labute approximate surface area is 73.6 Å². The van der Waals surface area contributed by atoms with Gasteiger partial charge in [-0.15, -0.1) is 9.18 Å². The molecule has 0 aliphatic heterocycles. The maximum absolute atomic E-state index is 11.1. The molecule has 0 fully saturated rings. The summed E-state index contributed by atoms with van der Waals surface area (Å²) < 4.78 is 6.39. The summed E-state index contributed by atoms with van der Waals surface area (Å²) in [5, 5.41) is 3.69. The molecular formula is C6H6ClN3O2. The molecule has 6 heteroatoms. The molecular weight excluding hydrogens is 182 g/mol. The van der Waals surface area contributed by atoms with E-state index in [0.717, 1.165) is 8.77 Å². The fourth-order valence-electron chi connectivity index (χ4n) is 0.688. The average molecular weight is 188 g/mol. The van der Waals surface area contributed by atoms with Crippen LogP contribution in [0.3, 0.4) is 0 Å². The van der Waals surface area contributed by atoms with Crippen molar-refractivity contribution in [2.45, 2.75) is 13.5 Å². The molecule has 1 heterocycles. The van der Waals surface area contributed by atoms with E-state index in [2.05, 4.69) is 9.84 Å². The lowest BCUT2D eigenvalue weighted by atomic mass is 10.8. The van der Waals surface area contributed by atoms with Crippen LogP contribution in [0, 0.1) is 12.5 Å². The fourth-order valence-corrected chi connectivity index (χ4v) is 0.843. The van der Waals surface area contributed by atoms with Crippen LogP contribution in [0.5, 0.6) is 6.01 Å². The first-order valence-electron chi connectivity index (χ1n) is 3.19. The molecule has 0 radical (unpaired) electrons. The molecule has 0 saturated carbocycles. The monoisotopic (exact) mass is 187 g/mol. The number of rotatable bonds is 2. The minimum Gasteiger partial charge on any atom is -0.369 e. The molecule has 0 N–H and O–H groups in total. The zero-order valence-corrected chi connectivity index (χ0v) is 7.08. The molecule has 1 aromatic rings. The van der Waals surface area contributed by atoms with Crippen LogP contribution in [-0.4, -0.2) is 13.9 Å². The molecule has 1 rings (SSSR count). The zero-order valence-electron chi connectivity index (χ0n) is 6.32. The number of hydrogen-bond donors (Lipinski definition) is 0. The highest BCUT2D eigenvalue weighted by Gasteiger charge is 2.10. The Morgan fingerprint density at radius 2 is 2.50 bits per heavy atom. The largest absolute Gasteiger partial charge is 0.369 e. The predicted molar refractivity (Wildman–Crippen MR) is 42.9 cm³/mol. The molecule has 0 bridgehead atoms. The Morgan fingerprint density at radius 1 is 1.83 bits per heavy atom. The van der Waals surface area contributed by atoms with Crippen molar-refractivity contribution in [3.05, 3.63) is 10.5 Å². The molecule has 0 unspecified atom stereocenters. The summed E-state index contributed by atoms with van der Waals surface area (Å²) in [4.78, 5) is 11.1. The van der Waals surface area contributed by atoms with Crippen LogP contribution in [0.15, 0.2) is 4.79 Å². The maximum Gasteiger partial charge on any atom is 0.363 e. The molecule has 0 spiro atoms. The van der Waals surface area contributed by atoms with Gasteiger partial charge in [0.2, 0.25) is 0 Å². The Balaban J connectivity index is 3.18. The van der Waals surface area contributed by atoms with Crippen LogP contribution >= 0.6 is 11.8 Å².